The summed E-state index contributed by atoms with van der Waals surface area (Å²) < 4.78 is 48.1. The number of ether oxygens (including phenoxy) is 1. The molecule has 1 aromatic heterocycles. The van der Waals surface area contributed by atoms with E-state index < -0.39 is 23.4 Å². The van der Waals surface area contributed by atoms with Crippen molar-refractivity contribution in [3.8, 4) is 16.9 Å². The first-order chi connectivity index (χ1) is 16.3. The number of nitrogens with one attached hydrogen (secondary N) is 2. The molecule has 0 radical (unpaired) electrons. The highest BCUT2D eigenvalue weighted by molar-refractivity contribution is 6.00. The van der Waals surface area contributed by atoms with Gasteiger partial charge in [0.2, 0.25) is 5.91 Å². The van der Waals surface area contributed by atoms with Gasteiger partial charge >= 0.3 is 0 Å². The molecule has 1 atom stereocenters. The van der Waals surface area contributed by atoms with Gasteiger partial charge in [0.25, 0.3) is 0 Å². The molecule has 2 N–H and O–H groups in total. The zero-order valence-electron chi connectivity index (χ0n) is 18.7. The van der Waals surface area contributed by atoms with Crippen molar-refractivity contribution in [2.45, 2.75) is 13.3 Å². The molecule has 0 saturated carbocycles. The van der Waals surface area contributed by atoms with Crippen LogP contribution in [0.2, 0.25) is 0 Å². The first-order valence-corrected chi connectivity index (χ1v) is 10.7. The van der Waals surface area contributed by atoms with Gasteiger partial charge in [-0.1, -0.05) is 31.7 Å². The number of hydrogen-bond acceptors (Lipinski definition) is 2. The van der Waals surface area contributed by atoms with Gasteiger partial charge in [0, 0.05) is 34.0 Å². The average molecular weight is 464 g/mol. The minimum atomic E-state index is -0.798. The molecule has 4 rings (SSSR count). The zero-order valence-corrected chi connectivity index (χ0v) is 18.7. The number of H-pyrrole nitrogens is 1. The molecular weight excluding hydrogens is 441 g/mol. The number of carbonyl (C=O) groups excluding carboxylic acids is 1. The smallest absolute Gasteiger partial charge is 0.247 e. The number of halogens is 3. The van der Waals surface area contributed by atoms with Crippen LogP contribution >= 0.6 is 0 Å². The maximum Gasteiger partial charge on any atom is 0.247 e. The summed E-state index contributed by atoms with van der Waals surface area (Å²) >= 11 is 0. The van der Waals surface area contributed by atoms with E-state index in [4.69, 9.17) is 4.74 Å². The molecule has 4 nitrogen and oxygen atoms in total. The van der Waals surface area contributed by atoms with Gasteiger partial charge in [0.15, 0.2) is 11.6 Å². The Hall–Kier alpha value is -4.00. The fourth-order valence-electron chi connectivity index (χ4n) is 4.01. The van der Waals surface area contributed by atoms with E-state index in [1.165, 1.54) is 19.2 Å². The summed E-state index contributed by atoms with van der Waals surface area (Å²) in [5.41, 5.74) is 2.30. The third-order valence-electron chi connectivity index (χ3n) is 5.66. The minimum Gasteiger partial charge on any atom is -0.493 e. The highest BCUT2D eigenvalue weighted by Crippen LogP contribution is 2.32. The standard InChI is InChI=1S/C27H23F3N2O2/c1-4-26(33)32-25-11-16(6-7-22(25)29)17-9-15(2)5-8-24-19(10-17)21(14-31-24)20-12-18(28)13-23(30)27(20)34-3/h4,6-15,31H,1,5H2,2-3H3,(H,32,33). The van der Waals surface area contributed by atoms with Crippen LogP contribution in [-0.4, -0.2) is 18.0 Å². The van der Waals surface area contributed by atoms with Gasteiger partial charge < -0.3 is 15.0 Å². The van der Waals surface area contributed by atoms with Gasteiger partial charge in [0.1, 0.15) is 11.6 Å². The van der Waals surface area contributed by atoms with E-state index in [-0.39, 0.29) is 22.9 Å². The number of hydrogen-bond donors (Lipinski definition) is 2. The molecule has 1 heterocycles. The van der Waals surface area contributed by atoms with Gasteiger partial charge in [-0.25, -0.2) is 13.2 Å². The Labute approximate surface area is 194 Å². The predicted molar refractivity (Wildman–Crippen MR) is 128 cm³/mol. The number of allylic oxidation sites excluding steroid dienone is 2. The van der Waals surface area contributed by atoms with Gasteiger partial charge in [0.05, 0.1) is 12.8 Å². The lowest BCUT2D eigenvalue weighted by atomic mass is 9.94. The normalized spacial score (nSPS) is 15.1. The van der Waals surface area contributed by atoms with Crippen LogP contribution in [0.4, 0.5) is 18.9 Å². The molecule has 0 saturated heterocycles. The van der Waals surface area contributed by atoms with Crippen LogP contribution in [0.25, 0.3) is 28.9 Å². The molecule has 7 heteroatoms. The van der Waals surface area contributed by atoms with E-state index in [0.29, 0.717) is 22.8 Å². The number of fused-ring (bicyclic) bond motifs is 1. The van der Waals surface area contributed by atoms with Crippen LogP contribution in [0.15, 0.2) is 55.3 Å². The molecule has 0 spiro atoms. The minimum absolute atomic E-state index is 0.0290. The monoisotopic (exact) mass is 464 g/mol. The van der Waals surface area contributed by atoms with Crippen LogP contribution in [0.3, 0.4) is 0 Å². The molecule has 1 aliphatic carbocycles. The Morgan fingerprint density at radius 1 is 1.18 bits per heavy atom. The SMILES string of the molecule is C=CC(=O)Nc1cc(C2=CC(C)CC=c3[nH]cc(-c4cc(F)cc(F)c4OC)c3=C2)ccc1F. The van der Waals surface area contributed by atoms with Gasteiger partial charge in [-0.2, -0.15) is 0 Å². The molecule has 34 heavy (non-hydrogen) atoms. The lowest BCUT2D eigenvalue weighted by molar-refractivity contribution is -0.111. The molecular formula is C27H23F3N2O2. The van der Waals surface area contributed by atoms with Crippen molar-refractivity contribution in [1.82, 2.24) is 4.98 Å². The van der Waals surface area contributed by atoms with E-state index in [2.05, 4.69) is 16.9 Å². The summed E-state index contributed by atoms with van der Waals surface area (Å²) in [6, 6.07) is 6.45. The second kappa shape index (κ2) is 9.47. The molecule has 0 aliphatic heterocycles. The molecule has 0 fully saturated rings. The number of benzene rings is 2. The van der Waals surface area contributed by atoms with Crippen molar-refractivity contribution < 1.29 is 22.7 Å². The molecule has 0 bridgehead atoms. The van der Waals surface area contributed by atoms with Crippen molar-refractivity contribution in [3.63, 3.8) is 0 Å². The highest BCUT2D eigenvalue weighted by Gasteiger charge is 2.17. The second-order valence-corrected chi connectivity index (χ2v) is 8.07. The summed E-state index contributed by atoms with van der Waals surface area (Å²) in [5.74, 6) is -2.52. The predicted octanol–water partition coefficient (Wildman–Crippen LogP) is 4.92. The molecule has 1 unspecified atom stereocenters. The number of methoxy groups -OCH3 is 1. The lowest BCUT2D eigenvalue weighted by Gasteiger charge is -2.13. The summed E-state index contributed by atoms with van der Waals surface area (Å²) in [7, 11) is 1.33. The highest BCUT2D eigenvalue weighted by atomic mass is 19.1. The first kappa shape index (κ1) is 23.2. The maximum atomic E-state index is 14.4. The van der Waals surface area contributed by atoms with Crippen LogP contribution in [0.5, 0.6) is 5.75 Å². The summed E-state index contributed by atoms with van der Waals surface area (Å²) in [6.45, 7) is 5.44. The molecule has 2 aromatic carbocycles. The van der Waals surface area contributed by atoms with Gasteiger partial charge in [-0.15, -0.1) is 0 Å². The lowest BCUT2D eigenvalue weighted by Crippen LogP contribution is -2.25. The quantitative estimate of drug-likeness (QED) is 0.527. The van der Waals surface area contributed by atoms with E-state index in [9.17, 15) is 18.0 Å². The number of carbonyl (C=O) groups is 1. The summed E-state index contributed by atoms with van der Waals surface area (Å²) in [5, 5.41) is 3.98. The van der Waals surface area contributed by atoms with Crippen molar-refractivity contribution >= 4 is 29.3 Å². The molecule has 1 aliphatic rings. The molecule has 1 amide bonds. The topological polar surface area (TPSA) is 54.1 Å². The number of rotatable bonds is 5. The number of anilines is 1. The number of aromatic amines is 1. The van der Waals surface area contributed by atoms with Crippen LogP contribution in [0.1, 0.15) is 18.9 Å². The zero-order chi connectivity index (χ0) is 24.4. The Kier molecular flexibility index (Phi) is 6.45. The molecule has 174 valence electrons. The van der Waals surface area contributed by atoms with Crippen molar-refractivity contribution in [1.29, 1.82) is 0 Å². The molecule has 3 aromatic rings. The summed E-state index contributed by atoms with van der Waals surface area (Å²) in [4.78, 5) is 14.9. The van der Waals surface area contributed by atoms with E-state index >= 15 is 0 Å². The maximum absolute atomic E-state index is 14.4. The largest absolute Gasteiger partial charge is 0.493 e. The average Bonchev–Trinajstić information content (AvgIpc) is 3.18. The van der Waals surface area contributed by atoms with E-state index in [1.54, 1.807) is 18.3 Å². The van der Waals surface area contributed by atoms with Crippen molar-refractivity contribution in [2.75, 3.05) is 12.4 Å². The first-order valence-electron chi connectivity index (χ1n) is 10.7. The third-order valence-corrected chi connectivity index (χ3v) is 5.66. The second-order valence-electron chi connectivity index (χ2n) is 8.07. The third kappa shape index (κ3) is 4.55. The fourth-order valence-corrected chi connectivity index (χ4v) is 4.01. The Morgan fingerprint density at radius 3 is 2.71 bits per heavy atom. The van der Waals surface area contributed by atoms with Crippen molar-refractivity contribution in [2.24, 2.45) is 5.92 Å². The van der Waals surface area contributed by atoms with E-state index in [1.807, 2.05) is 25.2 Å². The Morgan fingerprint density at radius 2 is 1.97 bits per heavy atom. The Balaban J connectivity index is 1.93. The van der Waals surface area contributed by atoms with E-state index in [0.717, 1.165) is 23.1 Å². The van der Waals surface area contributed by atoms with Gasteiger partial charge in [-0.05, 0) is 53.8 Å². The number of aromatic nitrogens is 1. The summed E-state index contributed by atoms with van der Waals surface area (Å²) in [6.07, 6.45) is 9.39. The van der Waals surface area contributed by atoms with Crippen LogP contribution in [-0.2, 0) is 4.79 Å². The van der Waals surface area contributed by atoms with Gasteiger partial charge in [-0.3, -0.25) is 4.79 Å². The van der Waals surface area contributed by atoms with Crippen LogP contribution in [0, 0.1) is 23.4 Å². The fraction of sp³-hybridized carbons (Fsp3) is 0.148. The Bertz CT molecular complexity index is 1440. The van der Waals surface area contributed by atoms with Crippen molar-refractivity contribution in [3.05, 3.63) is 88.8 Å². The number of amides is 1. The van der Waals surface area contributed by atoms with Crippen LogP contribution < -0.4 is 20.6 Å².